The summed E-state index contributed by atoms with van der Waals surface area (Å²) in [6, 6.07) is 23.5. The summed E-state index contributed by atoms with van der Waals surface area (Å²) < 4.78 is 19.4. The lowest BCUT2D eigenvalue weighted by molar-refractivity contribution is 0.461. The minimum Gasteiger partial charge on any atom is -0.507 e. The van der Waals surface area contributed by atoms with E-state index < -0.39 is 5.63 Å². The lowest BCUT2D eigenvalue weighted by atomic mass is 9.95. The number of phenols is 1. The van der Waals surface area contributed by atoms with Gasteiger partial charge in [-0.1, -0.05) is 55.5 Å². The Morgan fingerprint density at radius 3 is 2.22 bits per heavy atom. The number of aromatic hydroxyl groups is 1. The molecule has 240 valence electrons. The van der Waals surface area contributed by atoms with E-state index in [1.807, 2.05) is 67.6 Å². The lowest BCUT2D eigenvalue weighted by Crippen LogP contribution is -2.13. The van der Waals surface area contributed by atoms with Gasteiger partial charge in [-0.15, -0.1) is 10.2 Å². The number of phenolic OH excluding ortho intramolecular Hbond substituents is 1. The molecule has 0 saturated heterocycles. The maximum Gasteiger partial charge on any atom is 0.336 e. The first-order chi connectivity index (χ1) is 23.8. The van der Waals surface area contributed by atoms with E-state index in [4.69, 9.17) is 13.3 Å². The molecule has 0 aliphatic carbocycles. The van der Waals surface area contributed by atoms with Crippen molar-refractivity contribution in [1.82, 2.24) is 14.8 Å². The Bertz CT molecular complexity index is 2760. The molecule has 0 saturated carbocycles. The number of para-hydroxylation sites is 1. The number of aryl methyl sites for hydroxylation is 2. The monoisotopic (exact) mass is 649 g/mol. The summed E-state index contributed by atoms with van der Waals surface area (Å²) in [6.45, 7) is 3.60. The van der Waals surface area contributed by atoms with Crippen LogP contribution in [0.5, 0.6) is 5.75 Å². The van der Waals surface area contributed by atoms with Crippen LogP contribution in [0.1, 0.15) is 29.2 Å². The van der Waals surface area contributed by atoms with Gasteiger partial charge in [0, 0.05) is 40.3 Å². The Morgan fingerprint density at radius 1 is 0.755 bits per heavy atom. The van der Waals surface area contributed by atoms with E-state index in [1.54, 1.807) is 23.6 Å². The fourth-order valence-electron chi connectivity index (χ4n) is 6.46. The number of aromatic nitrogens is 3. The molecular weight excluding hydrogens is 622 g/mol. The van der Waals surface area contributed by atoms with Crippen LogP contribution in [0.2, 0.25) is 0 Å². The molecule has 8 rings (SSSR count). The fourth-order valence-corrected chi connectivity index (χ4v) is 6.46. The Hall–Kier alpha value is -6.55. The average molecular weight is 650 g/mol. The lowest BCUT2D eigenvalue weighted by Gasteiger charge is -2.14. The first kappa shape index (κ1) is 29.8. The minimum absolute atomic E-state index is 0.0688. The van der Waals surface area contributed by atoms with Gasteiger partial charge in [-0.05, 0) is 54.3 Å². The van der Waals surface area contributed by atoms with Crippen LogP contribution in [0.3, 0.4) is 0 Å². The van der Waals surface area contributed by atoms with Crippen molar-refractivity contribution in [2.45, 2.75) is 26.7 Å². The molecule has 10 nitrogen and oxygen atoms in total. The molecular formula is C39H27N3O7. The van der Waals surface area contributed by atoms with Gasteiger partial charge in [-0.25, -0.2) is 4.79 Å². The first-order valence-electron chi connectivity index (χ1n) is 15.7. The Kier molecular flexibility index (Phi) is 7.06. The second-order valence-electron chi connectivity index (χ2n) is 11.8. The first-order valence-corrected chi connectivity index (χ1v) is 15.7. The second kappa shape index (κ2) is 11.6. The van der Waals surface area contributed by atoms with Crippen molar-refractivity contribution < 1.29 is 18.4 Å². The van der Waals surface area contributed by atoms with Gasteiger partial charge in [-0.2, -0.15) is 0 Å². The molecule has 4 aromatic heterocycles. The summed E-state index contributed by atoms with van der Waals surface area (Å²) in [5, 5.41) is 20.7. The van der Waals surface area contributed by atoms with Crippen molar-refractivity contribution >= 4 is 32.9 Å². The zero-order valence-electron chi connectivity index (χ0n) is 26.4. The molecule has 0 bridgehead atoms. The highest BCUT2D eigenvalue weighted by Crippen LogP contribution is 2.36. The summed E-state index contributed by atoms with van der Waals surface area (Å²) >= 11 is 0. The second-order valence-corrected chi connectivity index (χ2v) is 11.8. The zero-order valence-corrected chi connectivity index (χ0v) is 26.4. The van der Waals surface area contributed by atoms with Crippen molar-refractivity contribution in [3.8, 4) is 34.0 Å². The van der Waals surface area contributed by atoms with Crippen molar-refractivity contribution in [3.63, 3.8) is 0 Å². The van der Waals surface area contributed by atoms with Gasteiger partial charge >= 0.3 is 5.63 Å². The average Bonchev–Trinajstić information content (AvgIpc) is 3.61. The van der Waals surface area contributed by atoms with Crippen LogP contribution in [0, 0.1) is 6.92 Å². The summed E-state index contributed by atoms with van der Waals surface area (Å²) in [5.74, 6) is 0.235. The molecule has 1 N–H and O–H groups in total. The Balaban J connectivity index is 1.30. The fraction of sp³-hybridized carbons (Fsp3) is 0.103. The third-order valence-electron chi connectivity index (χ3n) is 8.94. The molecule has 0 unspecified atom stereocenters. The van der Waals surface area contributed by atoms with E-state index in [0.29, 0.717) is 39.9 Å². The molecule has 4 aromatic carbocycles. The van der Waals surface area contributed by atoms with Crippen molar-refractivity contribution in [3.05, 3.63) is 151 Å². The van der Waals surface area contributed by atoms with Gasteiger partial charge in [-0.3, -0.25) is 14.2 Å². The predicted octanol–water partition coefficient (Wildman–Crippen LogP) is 7.09. The molecule has 4 heterocycles. The molecule has 0 aliphatic rings. The summed E-state index contributed by atoms with van der Waals surface area (Å²) in [5.41, 5.74) is 3.49. The highest BCUT2D eigenvalue weighted by Gasteiger charge is 2.23. The van der Waals surface area contributed by atoms with Gasteiger partial charge in [0.2, 0.25) is 5.43 Å². The van der Waals surface area contributed by atoms with E-state index in [1.165, 1.54) is 24.9 Å². The zero-order chi connectivity index (χ0) is 33.8. The highest BCUT2D eigenvalue weighted by molar-refractivity contribution is 6.03. The summed E-state index contributed by atoms with van der Waals surface area (Å²) in [7, 11) is 0. The van der Waals surface area contributed by atoms with Crippen LogP contribution in [0.4, 0.5) is 0 Å². The normalized spacial score (nSPS) is 11.6. The molecule has 0 atom stereocenters. The molecule has 0 spiro atoms. The van der Waals surface area contributed by atoms with E-state index in [9.17, 15) is 19.5 Å². The van der Waals surface area contributed by atoms with E-state index >= 15 is 0 Å². The SMILES string of the molecule is CCc1cc2c(=O)c(-c3nncn3-c3ccccc3)coc2c(Cc2coc3c(C)c4oc(=O)cc(-c5ccccc5)c4cc3c2=O)c1O. The van der Waals surface area contributed by atoms with Crippen molar-refractivity contribution in [1.29, 1.82) is 0 Å². The van der Waals surface area contributed by atoms with Gasteiger partial charge in [0.1, 0.15) is 40.7 Å². The molecule has 49 heavy (non-hydrogen) atoms. The maximum absolute atomic E-state index is 14.1. The van der Waals surface area contributed by atoms with E-state index in [-0.39, 0.29) is 61.7 Å². The smallest absolute Gasteiger partial charge is 0.336 e. The van der Waals surface area contributed by atoms with E-state index in [0.717, 1.165) is 11.3 Å². The molecule has 0 radical (unpaired) electrons. The molecule has 8 aromatic rings. The minimum atomic E-state index is -0.518. The van der Waals surface area contributed by atoms with Crippen molar-refractivity contribution in [2.75, 3.05) is 0 Å². The maximum atomic E-state index is 14.1. The summed E-state index contributed by atoms with van der Waals surface area (Å²) in [4.78, 5) is 40.7. The third-order valence-corrected chi connectivity index (χ3v) is 8.94. The molecule has 0 aliphatic heterocycles. The quantitative estimate of drug-likeness (QED) is 0.148. The number of benzene rings is 4. The largest absolute Gasteiger partial charge is 0.507 e. The Labute approximate surface area is 277 Å². The number of hydrogen-bond acceptors (Lipinski definition) is 9. The highest BCUT2D eigenvalue weighted by atomic mass is 16.4. The number of nitrogens with zero attached hydrogens (tertiary/aromatic N) is 3. The molecule has 10 heteroatoms. The van der Waals surface area contributed by atoms with Crippen LogP contribution in [-0.2, 0) is 12.8 Å². The van der Waals surface area contributed by atoms with Gasteiger partial charge in [0.25, 0.3) is 0 Å². The molecule has 0 amide bonds. The number of fused-ring (bicyclic) bond motifs is 3. The van der Waals surface area contributed by atoms with Crippen LogP contribution in [0.25, 0.3) is 61.1 Å². The number of rotatable bonds is 6. The van der Waals surface area contributed by atoms with Gasteiger partial charge < -0.3 is 18.4 Å². The third kappa shape index (κ3) is 4.84. The van der Waals surface area contributed by atoms with Crippen LogP contribution >= 0.6 is 0 Å². The topological polar surface area (TPSA) is 142 Å². The van der Waals surface area contributed by atoms with Gasteiger partial charge in [0.05, 0.1) is 17.0 Å². The standard InChI is InChI=1S/C39H27N3O7/c1-3-22-14-29-35(46)31(39-41-40-20-42(39)25-12-8-5-9-13-25)19-48-38(29)28(33(22)44)15-24-18-47-36-21(2)37-27(16-30(36)34(24)45)26(17-32(43)49-37)23-10-6-4-7-11-23/h4-14,16-20,44H,3,15H2,1-2H3. The molecule has 0 fully saturated rings. The van der Waals surface area contributed by atoms with Crippen LogP contribution in [-0.4, -0.2) is 19.9 Å². The predicted molar refractivity (Wildman–Crippen MR) is 185 cm³/mol. The van der Waals surface area contributed by atoms with Crippen molar-refractivity contribution in [2.24, 2.45) is 0 Å². The summed E-state index contributed by atoms with van der Waals surface area (Å²) in [6.07, 6.45) is 4.50. The van der Waals surface area contributed by atoms with E-state index in [2.05, 4.69) is 10.2 Å². The Morgan fingerprint density at radius 2 is 1.47 bits per heavy atom. The van der Waals surface area contributed by atoms with Gasteiger partial charge in [0.15, 0.2) is 11.3 Å². The number of hydrogen-bond donors (Lipinski definition) is 1. The van der Waals surface area contributed by atoms with Crippen LogP contribution in [0.15, 0.2) is 125 Å². The van der Waals surface area contributed by atoms with Crippen LogP contribution < -0.4 is 16.5 Å².